The van der Waals surface area contributed by atoms with Crippen LogP contribution < -0.4 is 5.32 Å². The van der Waals surface area contributed by atoms with Crippen LogP contribution in [0.3, 0.4) is 0 Å². The molecule has 0 saturated carbocycles. The van der Waals surface area contributed by atoms with Gasteiger partial charge in [-0.05, 0) is 32.1 Å². The first-order valence-electron chi connectivity index (χ1n) is 7.96. The van der Waals surface area contributed by atoms with Crippen molar-refractivity contribution in [1.82, 2.24) is 9.80 Å². The third-order valence-corrected chi connectivity index (χ3v) is 5.93. The summed E-state index contributed by atoms with van der Waals surface area (Å²) < 4.78 is 0. The van der Waals surface area contributed by atoms with E-state index < -0.39 is 0 Å². The fourth-order valence-electron chi connectivity index (χ4n) is 3.34. The average molecular weight is 333 g/mol. The molecule has 1 aromatic rings. The van der Waals surface area contributed by atoms with E-state index in [1.54, 1.807) is 0 Å². The molecule has 0 aromatic heterocycles. The number of thioether (sulfide) groups is 1. The molecule has 1 fully saturated rings. The van der Waals surface area contributed by atoms with Crippen LogP contribution in [0.1, 0.15) is 13.3 Å². The average Bonchev–Trinajstić information content (AvgIpc) is 2.90. The lowest BCUT2D eigenvalue weighted by Gasteiger charge is -2.26. The van der Waals surface area contributed by atoms with E-state index in [-0.39, 0.29) is 23.5 Å². The smallest absolute Gasteiger partial charge is 0.238 e. The van der Waals surface area contributed by atoms with Crippen LogP contribution in [-0.4, -0.2) is 60.1 Å². The fourth-order valence-corrected chi connectivity index (χ4v) is 4.44. The molecule has 0 spiro atoms. The van der Waals surface area contributed by atoms with Crippen LogP contribution >= 0.6 is 11.8 Å². The summed E-state index contributed by atoms with van der Waals surface area (Å²) in [6.07, 6.45) is 0.262. The zero-order valence-electron chi connectivity index (χ0n) is 13.8. The number of likely N-dealkylation sites (tertiary alicyclic amines) is 1. The highest BCUT2D eigenvalue weighted by Crippen LogP contribution is 2.37. The first kappa shape index (κ1) is 16.3. The number of rotatable bonds is 3. The van der Waals surface area contributed by atoms with Gasteiger partial charge >= 0.3 is 0 Å². The summed E-state index contributed by atoms with van der Waals surface area (Å²) >= 11 is 1.49. The van der Waals surface area contributed by atoms with E-state index in [1.165, 1.54) is 11.8 Å². The number of likely N-dealkylation sites (N-methyl/N-ethyl adjacent to an activating group) is 1. The van der Waals surface area contributed by atoms with Crippen LogP contribution in [0.25, 0.3) is 0 Å². The Kier molecular flexibility index (Phi) is 4.64. The zero-order valence-corrected chi connectivity index (χ0v) is 14.6. The topological polar surface area (TPSA) is 52.7 Å². The van der Waals surface area contributed by atoms with Gasteiger partial charge in [-0.25, -0.2) is 0 Å². The molecule has 0 aliphatic carbocycles. The summed E-state index contributed by atoms with van der Waals surface area (Å²) in [4.78, 5) is 29.9. The van der Waals surface area contributed by atoms with Gasteiger partial charge in [0, 0.05) is 30.4 Å². The van der Waals surface area contributed by atoms with Gasteiger partial charge in [0.15, 0.2) is 0 Å². The Labute approximate surface area is 141 Å². The van der Waals surface area contributed by atoms with Gasteiger partial charge in [-0.2, -0.15) is 0 Å². The van der Waals surface area contributed by atoms with E-state index in [0.29, 0.717) is 12.0 Å². The Hall–Kier alpha value is -1.53. The van der Waals surface area contributed by atoms with E-state index in [9.17, 15) is 9.59 Å². The first-order chi connectivity index (χ1) is 11.0. The van der Waals surface area contributed by atoms with Gasteiger partial charge in [-0.15, -0.1) is 11.8 Å². The summed E-state index contributed by atoms with van der Waals surface area (Å²) in [7, 11) is 4.10. The van der Waals surface area contributed by atoms with Crippen molar-refractivity contribution in [2.75, 3.05) is 32.5 Å². The number of para-hydroxylation sites is 1. The highest BCUT2D eigenvalue weighted by atomic mass is 32.2. The number of nitrogens with one attached hydrogen (secondary N) is 1. The summed E-state index contributed by atoms with van der Waals surface area (Å²) in [5.41, 5.74) is 0.841. The van der Waals surface area contributed by atoms with Crippen molar-refractivity contribution < 1.29 is 9.59 Å². The Morgan fingerprint density at radius 1 is 1.35 bits per heavy atom. The maximum atomic E-state index is 12.6. The van der Waals surface area contributed by atoms with Crippen molar-refractivity contribution in [2.45, 2.75) is 29.5 Å². The molecule has 0 unspecified atom stereocenters. The highest BCUT2D eigenvalue weighted by molar-refractivity contribution is 8.01. The van der Waals surface area contributed by atoms with Crippen LogP contribution in [0.15, 0.2) is 29.2 Å². The number of carbonyl (C=O) groups excluding carboxylic acids is 2. The van der Waals surface area contributed by atoms with Crippen LogP contribution in [0.4, 0.5) is 5.69 Å². The van der Waals surface area contributed by atoms with Crippen molar-refractivity contribution in [3.05, 3.63) is 24.3 Å². The van der Waals surface area contributed by atoms with E-state index in [4.69, 9.17) is 0 Å². The van der Waals surface area contributed by atoms with Crippen molar-refractivity contribution >= 4 is 29.3 Å². The van der Waals surface area contributed by atoms with Gasteiger partial charge in [0.25, 0.3) is 0 Å². The van der Waals surface area contributed by atoms with E-state index >= 15 is 0 Å². The third-order valence-electron chi connectivity index (χ3n) is 4.66. The number of carbonyl (C=O) groups is 2. The number of hydrogen-bond donors (Lipinski definition) is 1. The predicted molar refractivity (Wildman–Crippen MR) is 92.6 cm³/mol. The molecule has 6 heteroatoms. The lowest BCUT2D eigenvalue weighted by molar-refractivity contribution is -0.131. The molecule has 1 aromatic carbocycles. The molecular formula is C17H23N3O2S. The zero-order chi connectivity index (χ0) is 16.6. The molecule has 2 aliphatic rings. The van der Waals surface area contributed by atoms with Crippen LogP contribution in [0.5, 0.6) is 0 Å². The van der Waals surface area contributed by atoms with Gasteiger partial charge in [-0.3, -0.25) is 9.59 Å². The lowest BCUT2D eigenvalue weighted by Crippen LogP contribution is -2.38. The van der Waals surface area contributed by atoms with Crippen LogP contribution in [0, 0.1) is 5.92 Å². The van der Waals surface area contributed by atoms with Crippen molar-refractivity contribution in [1.29, 1.82) is 0 Å². The fraction of sp³-hybridized carbons (Fsp3) is 0.529. The van der Waals surface area contributed by atoms with Crippen molar-refractivity contribution in [3.63, 3.8) is 0 Å². The number of anilines is 1. The minimum atomic E-state index is -0.342. The molecule has 0 radical (unpaired) electrons. The van der Waals surface area contributed by atoms with Gasteiger partial charge in [-0.1, -0.05) is 19.1 Å². The largest absolute Gasteiger partial charge is 0.341 e. The molecule has 2 heterocycles. The third kappa shape index (κ3) is 3.38. The summed E-state index contributed by atoms with van der Waals surface area (Å²) in [5, 5.41) is 2.56. The standard InChI is InChI=1S/C17H23N3O2S/c1-11-9-20(10-13(11)19(2)3)16(21)8-15-17(22)18-12-6-4-5-7-14(12)23-15/h4-7,11,13,15H,8-10H2,1-3H3,(H,18,22)/t11-,13+,15-/m1/s1. The molecule has 23 heavy (non-hydrogen) atoms. The summed E-state index contributed by atoms with van der Waals surface area (Å²) in [6, 6.07) is 8.12. The van der Waals surface area contributed by atoms with Crippen LogP contribution in [0.2, 0.25) is 0 Å². The molecule has 2 aliphatic heterocycles. The Morgan fingerprint density at radius 2 is 2.09 bits per heavy atom. The quantitative estimate of drug-likeness (QED) is 0.918. The Bertz CT molecular complexity index is 620. The minimum Gasteiger partial charge on any atom is -0.341 e. The predicted octanol–water partition coefficient (Wildman–Crippen LogP) is 1.90. The Balaban J connectivity index is 1.64. The second-order valence-corrected chi connectivity index (χ2v) is 7.85. The van der Waals surface area contributed by atoms with Gasteiger partial charge in [0.2, 0.25) is 11.8 Å². The number of amides is 2. The molecular weight excluding hydrogens is 310 g/mol. The van der Waals surface area contributed by atoms with Gasteiger partial charge in [0.05, 0.1) is 10.9 Å². The Morgan fingerprint density at radius 3 is 2.78 bits per heavy atom. The maximum absolute atomic E-state index is 12.6. The highest BCUT2D eigenvalue weighted by Gasteiger charge is 2.36. The second-order valence-electron chi connectivity index (χ2n) is 6.60. The second kappa shape index (κ2) is 6.53. The normalized spacial score (nSPS) is 27.0. The summed E-state index contributed by atoms with van der Waals surface area (Å²) in [6.45, 7) is 3.70. The monoisotopic (exact) mass is 333 g/mol. The number of nitrogens with zero attached hydrogens (tertiary/aromatic N) is 2. The van der Waals surface area contributed by atoms with E-state index in [1.807, 2.05) is 29.2 Å². The van der Waals surface area contributed by atoms with Gasteiger partial charge < -0.3 is 15.1 Å². The van der Waals surface area contributed by atoms with Crippen LogP contribution in [-0.2, 0) is 9.59 Å². The molecule has 2 amide bonds. The molecule has 1 N–H and O–H groups in total. The maximum Gasteiger partial charge on any atom is 0.238 e. The molecule has 5 nitrogen and oxygen atoms in total. The van der Waals surface area contributed by atoms with Crippen molar-refractivity contribution in [2.24, 2.45) is 5.92 Å². The first-order valence-corrected chi connectivity index (χ1v) is 8.84. The lowest BCUT2D eigenvalue weighted by atomic mass is 10.1. The van der Waals surface area contributed by atoms with Crippen molar-refractivity contribution in [3.8, 4) is 0 Å². The molecule has 3 atom stereocenters. The SMILES string of the molecule is C[C@@H]1CN(C(=O)C[C@H]2Sc3ccccc3NC2=O)C[C@@H]1N(C)C. The van der Waals surface area contributed by atoms with Gasteiger partial charge in [0.1, 0.15) is 0 Å². The minimum absolute atomic E-state index is 0.0709. The van der Waals surface area contributed by atoms with E-state index in [0.717, 1.165) is 23.7 Å². The number of fused-ring (bicyclic) bond motifs is 1. The number of hydrogen-bond acceptors (Lipinski definition) is 4. The number of benzene rings is 1. The molecule has 0 bridgehead atoms. The molecule has 1 saturated heterocycles. The molecule has 124 valence electrons. The van der Waals surface area contributed by atoms with E-state index in [2.05, 4.69) is 31.2 Å². The molecule has 3 rings (SSSR count). The summed E-state index contributed by atoms with van der Waals surface area (Å²) in [5.74, 6) is 0.467.